The Labute approximate surface area is 121 Å². The minimum atomic E-state index is -0.0948. The van der Waals surface area contributed by atoms with Gasteiger partial charge in [0.25, 0.3) is 0 Å². The lowest BCUT2D eigenvalue weighted by molar-refractivity contribution is -0.163. The van der Waals surface area contributed by atoms with Crippen LogP contribution in [0.4, 0.5) is 0 Å². The van der Waals surface area contributed by atoms with E-state index in [4.69, 9.17) is 18.9 Å². The minimum absolute atomic E-state index is 0.0755. The van der Waals surface area contributed by atoms with Crippen molar-refractivity contribution in [1.82, 2.24) is 5.32 Å². The van der Waals surface area contributed by atoms with Crippen LogP contribution in [0.3, 0.4) is 0 Å². The topological polar surface area (TPSA) is 49.0 Å². The van der Waals surface area contributed by atoms with Gasteiger partial charge < -0.3 is 24.3 Å². The molecular formula is C15H27NO4. The van der Waals surface area contributed by atoms with Crippen LogP contribution >= 0.6 is 0 Å². The van der Waals surface area contributed by atoms with E-state index in [-0.39, 0.29) is 23.4 Å². The summed E-state index contributed by atoms with van der Waals surface area (Å²) in [6.45, 7) is 9.00. The van der Waals surface area contributed by atoms with Gasteiger partial charge >= 0.3 is 0 Å². The van der Waals surface area contributed by atoms with Crippen LogP contribution in [0, 0.1) is 0 Å². The molecule has 20 heavy (non-hydrogen) atoms. The van der Waals surface area contributed by atoms with Crippen LogP contribution in [-0.2, 0) is 18.9 Å². The molecule has 5 heteroatoms. The largest absolute Gasteiger partial charge is 0.378 e. The Morgan fingerprint density at radius 2 is 2.20 bits per heavy atom. The first-order valence-electron chi connectivity index (χ1n) is 7.79. The molecule has 3 saturated heterocycles. The van der Waals surface area contributed by atoms with Gasteiger partial charge in [0.15, 0.2) is 0 Å². The molecule has 1 N–H and O–H groups in total. The number of nitrogens with one attached hydrogen (secondary N) is 1. The van der Waals surface area contributed by atoms with Crippen LogP contribution in [0.2, 0.25) is 0 Å². The van der Waals surface area contributed by atoms with Gasteiger partial charge in [-0.25, -0.2) is 0 Å². The van der Waals surface area contributed by atoms with Gasteiger partial charge in [-0.1, -0.05) is 0 Å². The van der Waals surface area contributed by atoms with E-state index in [1.54, 1.807) is 0 Å². The summed E-state index contributed by atoms with van der Waals surface area (Å²) < 4.78 is 23.6. The second-order valence-corrected chi connectivity index (χ2v) is 6.91. The molecule has 3 aliphatic heterocycles. The van der Waals surface area contributed by atoms with E-state index in [2.05, 4.69) is 19.2 Å². The fourth-order valence-electron chi connectivity index (χ4n) is 3.39. The zero-order valence-corrected chi connectivity index (χ0v) is 12.7. The summed E-state index contributed by atoms with van der Waals surface area (Å²) in [6.07, 6.45) is 3.36. The van der Waals surface area contributed by atoms with Crippen molar-refractivity contribution in [3.05, 3.63) is 0 Å². The minimum Gasteiger partial charge on any atom is -0.378 e. The molecule has 3 unspecified atom stereocenters. The van der Waals surface area contributed by atoms with Gasteiger partial charge in [-0.2, -0.15) is 0 Å². The van der Waals surface area contributed by atoms with Crippen molar-refractivity contribution in [3.8, 4) is 0 Å². The number of hydrogen-bond acceptors (Lipinski definition) is 5. The molecule has 116 valence electrons. The molecular weight excluding hydrogens is 258 g/mol. The molecule has 0 aromatic heterocycles. The molecule has 1 spiro atoms. The summed E-state index contributed by atoms with van der Waals surface area (Å²) in [5.41, 5.74) is -0.170. The molecule has 0 saturated carbocycles. The van der Waals surface area contributed by atoms with Gasteiger partial charge in [0.2, 0.25) is 0 Å². The zero-order chi connectivity index (χ0) is 14.1. The van der Waals surface area contributed by atoms with Gasteiger partial charge in [0.1, 0.15) is 0 Å². The first kappa shape index (κ1) is 14.7. The smallest absolute Gasteiger partial charge is 0.0961 e. The third-order valence-electron chi connectivity index (χ3n) is 4.44. The van der Waals surface area contributed by atoms with Crippen LogP contribution in [0.1, 0.15) is 33.1 Å². The van der Waals surface area contributed by atoms with Crippen molar-refractivity contribution in [1.29, 1.82) is 0 Å². The van der Waals surface area contributed by atoms with Crippen molar-refractivity contribution in [2.75, 3.05) is 39.5 Å². The average molecular weight is 285 g/mol. The highest BCUT2D eigenvalue weighted by atomic mass is 16.6. The van der Waals surface area contributed by atoms with Crippen molar-refractivity contribution in [2.45, 2.75) is 56.5 Å². The van der Waals surface area contributed by atoms with Crippen LogP contribution in [-0.4, -0.2) is 62.9 Å². The van der Waals surface area contributed by atoms with Gasteiger partial charge in [-0.3, -0.25) is 0 Å². The lowest BCUT2D eigenvalue weighted by atomic mass is 9.91. The summed E-state index contributed by atoms with van der Waals surface area (Å²) in [6, 6.07) is 0. The highest BCUT2D eigenvalue weighted by Crippen LogP contribution is 2.34. The second kappa shape index (κ2) is 5.89. The van der Waals surface area contributed by atoms with E-state index in [0.717, 1.165) is 52.2 Å². The molecule has 3 heterocycles. The third kappa shape index (κ3) is 3.52. The van der Waals surface area contributed by atoms with Gasteiger partial charge in [-0.15, -0.1) is 0 Å². The Kier molecular flexibility index (Phi) is 4.34. The fourth-order valence-corrected chi connectivity index (χ4v) is 3.39. The molecule has 3 atom stereocenters. The van der Waals surface area contributed by atoms with Crippen LogP contribution in [0.15, 0.2) is 0 Å². The number of ether oxygens (including phenoxy) is 4. The fraction of sp³-hybridized carbons (Fsp3) is 1.00. The van der Waals surface area contributed by atoms with E-state index < -0.39 is 0 Å². The second-order valence-electron chi connectivity index (χ2n) is 6.91. The Hall–Kier alpha value is -0.200. The molecule has 0 aromatic carbocycles. The molecule has 3 aliphatic rings. The number of rotatable bonds is 3. The molecule has 0 amide bonds. The predicted octanol–water partition coefficient (Wildman–Crippen LogP) is 1.11. The Morgan fingerprint density at radius 1 is 1.30 bits per heavy atom. The van der Waals surface area contributed by atoms with E-state index >= 15 is 0 Å². The molecule has 3 rings (SSSR count). The van der Waals surface area contributed by atoms with Crippen LogP contribution < -0.4 is 5.32 Å². The molecule has 0 aliphatic carbocycles. The summed E-state index contributed by atoms with van der Waals surface area (Å²) in [4.78, 5) is 0. The van der Waals surface area contributed by atoms with E-state index in [1.807, 2.05) is 0 Å². The molecule has 5 nitrogen and oxygen atoms in total. The van der Waals surface area contributed by atoms with E-state index in [0.29, 0.717) is 6.61 Å². The van der Waals surface area contributed by atoms with Crippen molar-refractivity contribution in [3.63, 3.8) is 0 Å². The molecule has 0 radical (unpaired) electrons. The number of morpholine rings is 1. The lowest BCUT2D eigenvalue weighted by Gasteiger charge is -2.39. The van der Waals surface area contributed by atoms with Gasteiger partial charge in [0.05, 0.1) is 36.6 Å². The third-order valence-corrected chi connectivity index (χ3v) is 4.44. The van der Waals surface area contributed by atoms with Crippen LogP contribution in [0.25, 0.3) is 0 Å². The molecule has 0 aromatic rings. The molecule has 0 bridgehead atoms. The highest BCUT2D eigenvalue weighted by molar-refractivity contribution is 4.91. The monoisotopic (exact) mass is 285 g/mol. The zero-order valence-electron chi connectivity index (χ0n) is 12.7. The van der Waals surface area contributed by atoms with Crippen molar-refractivity contribution < 1.29 is 18.9 Å². The Morgan fingerprint density at radius 3 is 2.95 bits per heavy atom. The van der Waals surface area contributed by atoms with E-state index in [1.165, 1.54) is 0 Å². The maximum atomic E-state index is 6.10. The first-order chi connectivity index (χ1) is 9.57. The quantitative estimate of drug-likeness (QED) is 0.842. The normalized spacial score (nSPS) is 41.1. The summed E-state index contributed by atoms with van der Waals surface area (Å²) >= 11 is 0. The summed E-state index contributed by atoms with van der Waals surface area (Å²) in [5, 5.41) is 3.41. The van der Waals surface area contributed by atoms with E-state index in [9.17, 15) is 0 Å². The SMILES string of the molecule is CC1(C)CNCC(COC2CCOC3(CCOC3)C2)O1. The van der Waals surface area contributed by atoms with Crippen molar-refractivity contribution >= 4 is 0 Å². The van der Waals surface area contributed by atoms with Gasteiger partial charge in [-0.05, 0) is 20.3 Å². The number of hydrogen-bond donors (Lipinski definition) is 1. The Bertz CT molecular complexity index is 328. The maximum absolute atomic E-state index is 6.10. The van der Waals surface area contributed by atoms with Gasteiger partial charge in [0, 0.05) is 39.1 Å². The first-order valence-corrected chi connectivity index (χ1v) is 7.79. The summed E-state index contributed by atoms with van der Waals surface area (Å²) in [7, 11) is 0. The highest BCUT2D eigenvalue weighted by Gasteiger charge is 2.41. The standard InChI is InChI=1S/C15H27NO4/c1-14(2)10-16-8-13(20-14)9-18-12-3-5-19-15(7-12)4-6-17-11-15/h12-13,16H,3-11H2,1-2H3. The molecule has 3 fully saturated rings. The maximum Gasteiger partial charge on any atom is 0.0961 e. The predicted molar refractivity (Wildman–Crippen MR) is 74.9 cm³/mol. The Balaban J connectivity index is 1.46. The summed E-state index contributed by atoms with van der Waals surface area (Å²) in [5.74, 6) is 0. The van der Waals surface area contributed by atoms with Crippen molar-refractivity contribution in [2.24, 2.45) is 0 Å². The average Bonchev–Trinajstić information content (AvgIpc) is 2.83. The van der Waals surface area contributed by atoms with Crippen LogP contribution in [0.5, 0.6) is 0 Å². The lowest BCUT2D eigenvalue weighted by Crippen LogP contribution is -2.52.